The minimum absolute atomic E-state index is 0.117. The molecule has 0 unspecified atom stereocenters. The van der Waals surface area contributed by atoms with Gasteiger partial charge in [0, 0.05) is 15.2 Å². The molecule has 7 heteroatoms. The molecule has 0 fully saturated rings. The van der Waals surface area contributed by atoms with Gasteiger partial charge >= 0.3 is 6.61 Å². The number of anilines is 1. The topological polar surface area (TPSA) is 47.6 Å². The van der Waals surface area contributed by atoms with Gasteiger partial charge in [0.05, 0.1) is 12.8 Å². The number of halogens is 3. The van der Waals surface area contributed by atoms with E-state index in [0.29, 0.717) is 11.3 Å². The number of rotatable bonds is 6. The maximum Gasteiger partial charge on any atom is 0.387 e. The Kier molecular flexibility index (Phi) is 6.53. The Morgan fingerprint density at radius 1 is 1.21 bits per heavy atom. The van der Waals surface area contributed by atoms with Crippen LogP contribution in [0.25, 0.3) is 6.08 Å². The molecule has 2 aromatic carbocycles. The summed E-state index contributed by atoms with van der Waals surface area (Å²) in [6.45, 7) is -2.99. The molecule has 24 heavy (non-hydrogen) atoms. The van der Waals surface area contributed by atoms with E-state index in [1.54, 1.807) is 24.3 Å². The van der Waals surface area contributed by atoms with Crippen LogP contribution in [0.4, 0.5) is 14.5 Å². The molecule has 0 saturated heterocycles. The summed E-state index contributed by atoms with van der Waals surface area (Å²) >= 11 is 2.10. The Bertz CT molecular complexity index is 750. The first-order valence-corrected chi connectivity index (χ1v) is 7.94. The highest BCUT2D eigenvalue weighted by Crippen LogP contribution is 2.33. The van der Waals surface area contributed by atoms with Crippen LogP contribution in [0.3, 0.4) is 0 Å². The normalized spacial score (nSPS) is 10.9. The molecule has 2 aromatic rings. The fourth-order valence-electron chi connectivity index (χ4n) is 1.94. The third-order valence-corrected chi connectivity index (χ3v) is 3.92. The van der Waals surface area contributed by atoms with Crippen molar-refractivity contribution in [2.75, 3.05) is 12.4 Å². The quantitative estimate of drug-likeness (QED) is 0.525. The Labute approximate surface area is 151 Å². The summed E-state index contributed by atoms with van der Waals surface area (Å²) in [5.41, 5.74) is 0.981. The molecule has 1 N–H and O–H groups in total. The standard InChI is InChI=1S/C17H14F2INO3/c1-23-14-8-4-5-11(16(14)24-17(18)19)9-10-15(22)21-13-7-3-2-6-12(13)20/h2-10,17H,1H3,(H,21,22)/b10-9+. The predicted octanol–water partition coefficient (Wildman–Crippen LogP) is 4.55. The van der Waals surface area contributed by atoms with Gasteiger partial charge in [0.2, 0.25) is 5.91 Å². The van der Waals surface area contributed by atoms with E-state index in [-0.39, 0.29) is 17.4 Å². The number of ether oxygens (including phenoxy) is 2. The number of benzene rings is 2. The van der Waals surface area contributed by atoms with E-state index in [2.05, 4.69) is 32.6 Å². The number of para-hydroxylation sites is 2. The first-order valence-electron chi connectivity index (χ1n) is 6.86. The van der Waals surface area contributed by atoms with Gasteiger partial charge in [-0.05, 0) is 46.9 Å². The molecule has 0 aliphatic rings. The van der Waals surface area contributed by atoms with Crippen LogP contribution in [0, 0.1) is 3.57 Å². The zero-order valence-electron chi connectivity index (χ0n) is 12.6. The van der Waals surface area contributed by atoms with Gasteiger partial charge in [0.1, 0.15) is 0 Å². The molecular weight excluding hydrogens is 431 g/mol. The van der Waals surface area contributed by atoms with Crippen LogP contribution in [0.1, 0.15) is 5.56 Å². The van der Waals surface area contributed by atoms with E-state index >= 15 is 0 Å². The molecule has 1 amide bonds. The summed E-state index contributed by atoms with van der Waals surface area (Å²) in [6.07, 6.45) is 2.64. The minimum atomic E-state index is -2.99. The summed E-state index contributed by atoms with van der Waals surface area (Å²) < 4.78 is 35.5. The van der Waals surface area contributed by atoms with Crippen LogP contribution in [0.2, 0.25) is 0 Å². The number of carbonyl (C=O) groups excluding carboxylic acids is 1. The molecule has 4 nitrogen and oxygen atoms in total. The van der Waals surface area contributed by atoms with Crippen LogP contribution < -0.4 is 14.8 Å². The molecule has 0 aliphatic heterocycles. The summed E-state index contributed by atoms with van der Waals surface area (Å²) in [5.74, 6) is -0.339. The van der Waals surface area contributed by atoms with Crippen LogP contribution in [0.15, 0.2) is 48.5 Å². The lowest BCUT2D eigenvalue weighted by molar-refractivity contribution is -0.111. The van der Waals surface area contributed by atoms with Gasteiger partial charge in [0.25, 0.3) is 0 Å². The van der Waals surface area contributed by atoms with E-state index in [4.69, 9.17) is 4.74 Å². The van der Waals surface area contributed by atoms with E-state index < -0.39 is 6.61 Å². The summed E-state index contributed by atoms with van der Waals surface area (Å²) in [4.78, 5) is 12.0. The van der Waals surface area contributed by atoms with Crippen LogP contribution in [-0.4, -0.2) is 19.6 Å². The van der Waals surface area contributed by atoms with Crippen molar-refractivity contribution in [1.29, 1.82) is 0 Å². The Hall–Kier alpha value is -2.16. The van der Waals surface area contributed by atoms with Crippen molar-refractivity contribution in [3.05, 3.63) is 57.7 Å². The SMILES string of the molecule is COc1cccc(/C=C/C(=O)Nc2ccccc2I)c1OC(F)F. The first kappa shape index (κ1) is 18.2. The molecule has 0 aromatic heterocycles. The lowest BCUT2D eigenvalue weighted by Crippen LogP contribution is -2.09. The number of carbonyl (C=O) groups is 1. The third-order valence-electron chi connectivity index (χ3n) is 2.98. The average Bonchev–Trinajstić information content (AvgIpc) is 2.55. The first-order chi connectivity index (χ1) is 11.5. The van der Waals surface area contributed by atoms with Crippen molar-refractivity contribution < 1.29 is 23.0 Å². The van der Waals surface area contributed by atoms with Crippen molar-refractivity contribution in [2.24, 2.45) is 0 Å². The molecule has 0 aliphatic carbocycles. The summed E-state index contributed by atoms with van der Waals surface area (Å²) in [5, 5.41) is 2.72. The Morgan fingerprint density at radius 3 is 2.62 bits per heavy atom. The monoisotopic (exact) mass is 445 g/mol. The smallest absolute Gasteiger partial charge is 0.387 e. The number of nitrogens with one attached hydrogen (secondary N) is 1. The largest absolute Gasteiger partial charge is 0.493 e. The van der Waals surface area contributed by atoms with E-state index in [1.807, 2.05) is 12.1 Å². The van der Waals surface area contributed by atoms with E-state index in [0.717, 1.165) is 3.57 Å². The number of alkyl halides is 2. The van der Waals surface area contributed by atoms with Gasteiger partial charge in [-0.15, -0.1) is 0 Å². The van der Waals surface area contributed by atoms with Crippen molar-refractivity contribution in [3.8, 4) is 11.5 Å². The van der Waals surface area contributed by atoms with Crippen LogP contribution in [-0.2, 0) is 4.79 Å². The summed E-state index contributed by atoms with van der Waals surface area (Å²) in [7, 11) is 1.35. The lowest BCUT2D eigenvalue weighted by Gasteiger charge is -2.12. The predicted molar refractivity (Wildman–Crippen MR) is 96.4 cm³/mol. The highest BCUT2D eigenvalue weighted by Gasteiger charge is 2.14. The number of hydrogen-bond donors (Lipinski definition) is 1. The molecule has 0 saturated carbocycles. The Morgan fingerprint density at radius 2 is 1.96 bits per heavy atom. The van der Waals surface area contributed by atoms with Gasteiger partial charge in [-0.25, -0.2) is 0 Å². The van der Waals surface area contributed by atoms with Gasteiger partial charge < -0.3 is 14.8 Å². The van der Waals surface area contributed by atoms with Crippen molar-refractivity contribution in [1.82, 2.24) is 0 Å². The molecular formula is C17H14F2INO3. The third kappa shape index (κ3) is 4.92. The molecule has 0 heterocycles. The highest BCUT2D eigenvalue weighted by molar-refractivity contribution is 14.1. The lowest BCUT2D eigenvalue weighted by atomic mass is 10.1. The number of amides is 1. The molecule has 126 valence electrons. The van der Waals surface area contributed by atoms with Gasteiger partial charge in [0.15, 0.2) is 11.5 Å². The molecule has 0 radical (unpaired) electrons. The van der Waals surface area contributed by atoms with Crippen molar-refractivity contribution >= 4 is 40.3 Å². The second-order valence-electron chi connectivity index (χ2n) is 4.56. The highest BCUT2D eigenvalue weighted by atomic mass is 127. The zero-order valence-corrected chi connectivity index (χ0v) is 14.8. The van der Waals surface area contributed by atoms with Gasteiger partial charge in [-0.1, -0.05) is 24.3 Å². The van der Waals surface area contributed by atoms with Crippen LogP contribution >= 0.6 is 22.6 Å². The second-order valence-corrected chi connectivity index (χ2v) is 5.72. The van der Waals surface area contributed by atoms with Crippen molar-refractivity contribution in [2.45, 2.75) is 6.61 Å². The number of methoxy groups -OCH3 is 1. The fourth-order valence-corrected chi connectivity index (χ4v) is 2.46. The fraction of sp³-hybridized carbons (Fsp3) is 0.118. The summed E-state index contributed by atoms with van der Waals surface area (Å²) in [6, 6.07) is 12.0. The maximum absolute atomic E-state index is 12.6. The zero-order chi connectivity index (χ0) is 17.5. The Balaban J connectivity index is 2.19. The minimum Gasteiger partial charge on any atom is -0.493 e. The molecule has 0 spiro atoms. The van der Waals surface area contributed by atoms with E-state index in [1.165, 1.54) is 25.3 Å². The van der Waals surface area contributed by atoms with Gasteiger partial charge in [-0.2, -0.15) is 8.78 Å². The molecule has 0 bridgehead atoms. The molecule has 2 rings (SSSR count). The van der Waals surface area contributed by atoms with Crippen molar-refractivity contribution in [3.63, 3.8) is 0 Å². The maximum atomic E-state index is 12.6. The van der Waals surface area contributed by atoms with Crippen LogP contribution in [0.5, 0.6) is 11.5 Å². The van der Waals surface area contributed by atoms with E-state index in [9.17, 15) is 13.6 Å². The average molecular weight is 445 g/mol. The molecule has 0 atom stereocenters. The number of hydrogen-bond acceptors (Lipinski definition) is 3. The second kappa shape index (κ2) is 8.62. The van der Waals surface area contributed by atoms with Gasteiger partial charge in [-0.3, -0.25) is 4.79 Å².